The van der Waals surface area contributed by atoms with E-state index in [-0.39, 0.29) is 0 Å². The summed E-state index contributed by atoms with van der Waals surface area (Å²) in [6.07, 6.45) is 12.4. The molecule has 0 aromatic heterocycles. The van der Waals surface area contributed by atoms with Crippen LogP contribution in [0.25, 0.3) is 0 Å². The summed E-state index contributed by atoms with van der Waals surface area (Å²) in [5.74, 6) is 3.61. The monoisotopic (exact) mass is 293 g/mol. The van der Waals surface area contributed by atoms with E-state index >= 15 is 0 Å². The van der Waals surface area contributed by atoms with Crippen LogP contribution in [0.2, 0.25) is 0 Å². The molecule has 0 aromatic rings. The van der Waals surface area contributed by atoms with Crippen molar-refractivity contribution in [1.29, 1.82) is 0 Å². The summed E-state index contributed by atoms with van der Waals surface area (Å²) in [4.78, 5) is 0. The molecule has 1 heterocycles. The maximum atomic E-state index is 6.13. The predicted molar refractivity (Wildman–Crippen MR) is 88.4 cm³/mol. The molecule has 1 saturated heterocycles. The largest absolute Gasteiger partial charge is 0.375 e. The van der Waals surface area contributed by atoms with E-state index in [0.29, 0.717) is 5.60 Å². The Hall–Kier alpha value is -0.0800. The Labute approximate surface area is 131 Å². The topological polar surface area (TPSA) is 21.3 Å². The fourth-order valence-electron chi connectivity index (χ4n) is 5.32. The Morgan fingerprint density at radius 1 is 0.952 bits per heavy atom. The first-order valence-electron chi connectivity index (χ1n) is 9.45. The zero-order valence-electron chi connectivity index (χ0n) is 14.4. The summed E-state index contributed by atoms with van der Waals surface area (Å²) in [6.45, 7) is 5.81. The first kappa shape index (κ1) is 15.8. The molecule has 2 saturated carbocycles. The number of hydrogen-bond acceptors (Lipinski definition) is 2. The van der Waals surface area contributed by atoms with Crippen molar-refractivity contribution in [3.63, 3.8) is 0 Å². The van der Waals surface area contributed by atoms with E-state index in [1.807, 2.05) is 0 Å². The molecule has 122 valence electrons. The highest BCUT2D eigenvalue weighted by atomic mass is 16.5. The predicted octanol–water partition coefficient (Wildman–Crippen LogP) is 4.39. The van der Waals surface area contributed by atoms with Crippen LogP contribution >= 0.6 is 0 Å². The lowest BCUT2D eigenvalue weighted by Gasteiger charge is -2.50. The zero-order chi connectivity index (χ0) is 14.9. The van der Waals surface area contributed by atoms with Gasteiger partial charge in [0.1, 0.15) is 0 Å². The van der Waals surface area contributed by atoms with E-state index in [1.165, 1.54) is 57.8 Å². The fraction of sp³-hybridized carbons (Fsp3) is 1.00. The average Bonchev–Trinajstić information content (AvgIpc) is 2.47. The molecule has 3 rings (SSSR count). The first-order valence-corrected chi connectivity index (χ1v) is 9.45. The van der Waals surface area contributed by atoms with Gasteiger partial charge in [-0.3, -0.25) is 0 Å². The number of ether oxygens (including phenoxy) is 1. The molecule has 1 N–H and O–H groups in total. The van der Waals surface area contributed by atoms with Crippen LogP contribution in [0.5, 0.6) is 0 Å². The fourth-order valence-corrected chi connectivity index (χ4v) is 5.32. The van der Waals surface area contributed by atoms with Gasteiger partial charge in [0.2, 0.25) is 0 Å². The van der Waals surface area contributed by atoms with Gasteiger partial charge in [0.15, 0.2) is 0 Å². The van der Waals surface area contributed by atoms with Crippen molar-refractivity contribution in [2.24, 2.45) is 23.7 Å². The lowest BCUT2D eigenvalue weighted by Crippen LogP contribution is -2.52. The van der Waals surface area contributed by atoms with Crippen LogP contribution < -0.4 is 5.32 Å². The molecule has 2 nitrogen and oxygen atoms in total. The van der Waals surface area contributed by atoms with E-state index in [2.05, 4.69) is 26.2 Å². The number of nitrogens with one attached hydrogen (secondary N) is 1. The van der Waals surface area contributed by atoms with Crippen molar-refractivity contribution in [3.8, 4) is 0 Å². The summed E-state index contributed by atoms with van der Waals surface area (Å²) in [6, 6.07) is 0.736. The highest BCUT2D eigenvalue weighted by Crippen LogP contribution is 2.47. The van der Waals surface area contributed by atoms with Crippen molar-refractivity contribution >= 4 is 0 Å². The third-order valence-electron chi connectivity index (χ3n) is 6.90. The first-order chi connectivity index (χ1) is 10.1. The van der Waals surface area contributed by atoms with E-state index < -0.39 is 0 Å². The molecule has 2 atom stereocenters. The molecule has 1 aliphatic heterocycles. The molecule has 2 heteroatoms. The minimum atomic E-state index is 0.299. The zero-order valence-corrected chi connectivity index (χ0v) is 14.4. The molecule has 2 aliphatic carbocycles. The Morgan fingerprint density at radius 2 is 1.62 bits per heavy atom. The van der Waals surface area contributed by atoms with Crippen LogP contribution in [0, 0.1) is 23.7 Å². The van der Waals surface area contributed by atoms with Crippen LogP contribution in [-0.4, -0.2) is 25.3 Å². The highest BCUT2D eigenvalue weighted by molar-refractivity contribution is 4.98. The molecule has 0 aromatic carbocycles. The second-order valence-electron chi connectivity index (χ2n) is 8.37. The van der Waals surface area contributed by atoms with E-state index in [9.17, 15) is 0 Å². The lowest BCUT2D eigenvalue weighted by atomic mass is 9.66. The van der Waals surface area contributed by atoms with Crippen LogP contribution in [0.3, 0.4) is 0 Å². The Balaban J connectivity index is 1.57. The Morgan fingerprint density at radius 3 is 2.14 bits per heavy atom. The van der Waals surface area contributed by atoms with Gasteiger partial charge in [0.05, 0.1) is 5.60 Å². The molecule has 1 spiro atoms. The molecular formula is C19H35NO. The number of hydrogen-bond donors (Lipinski definition) is 1. The molecule has 0 amide bonds. The summed E-state index contributed by atoms with van der Waals surface area (Å²) in [7, 11) is 2.20. The van der Waals surface area contributed by atoms with Gasteiger partial charge in [-0.2, -0.15) is 0 Å². The van der Waals surface area contributed by atoms with Crippen molar-refractivity contribution in [2.45, 2.75) is 83.3 Å². The molecule has 0 radical (unpaired) electrons. The van der Waals surface area contributed by atoms with E-state index in [0.717, 1.165) is 36.3 Å². The van der Waals surface area contributed by atoms with Crippen LogP contribution in [-0.2, 0) is 4.74 Å². The molecule has 0 bridgehead atoms. The van der Waals surface area contributed by atoms with Gasteiger partial charge < -0.3 is 10.1 Å². The maximum Gasteiger partial charge on any atom is 0.0685 e. The van der Waals surface area contributed by atoms with Crippen molar-refractivity contribution in [1.82, 2.24) is 5.32 Å². The minimum Gasteiger partial charge on any atom is -0.375 e. The molecule has 3 fully saturated rings. The average molecular weight is 293 g/mol. The van der Waals surface area contributed by atoms with Gasteiger partial charge in [0.25, 0.3) is 0 Å². The molecule has 2 unspecified atom stereocenters. The van der Waals surface area contributed by atoms with Crippen LogP contribution in [0.4, 0.5) is 0 Å². The smallest absolute Gasteiger partial charge is 0.0685 e. The minimum absolute atomic E-state index is 0.299. The molecule has 21 heavy (non-hydrogen) atoms. The quantitative estimate of drug-likeness (QED) is 0.830. The van der Waals surface area contributed by atoms with Gasteiger partial charge in [-0.25, -0.2) is 0 Å². The summed E-state index contributed by atoms with van der Waals surface area (Å²) < 4.78 is 6.13. The highest BCUT2D eigenvalue weighted by Gasteiger charge is 2.45. The van der Waals surface area contributed by atoms with Crippen molar-refractivity contribution in [2.75, 3.05) is 13.7 Å². The second-order valence-corrected chi connectivity index (χ2v) is 8.37. The van der Waals surface area contributed by atoms with Crippen molar-refractivity contribution < 1.29 is 4.74 Å². The van der Waals surface area contributed by atoms with E-state index in [1.54, 1.807) is 0 Å². The third-order valence-corrected chi connectivity index (χ3v) is 6.90. The van der Waals surface area contributed by atoms with Gasteiger partial charge >= 0.3 is 0 Å². The van der Waals surface area contributed by atoms with Gasteiger partial charge in [-0.15, -0.1) is 0 Å². The van der Waals surface area contributed by atoms with Gasteiger partial charge in [-0.05, 0) is 88.5 Å². The Kier molecular flexibility index (Phi) is 4.95. The summed E-state index contributed by atoms with van der Waals surface area (Å²) in [5, 5.41) is 3.72. The molecular weight excluding hydrogens is 258 g/mol. The normalized spacial score (nSPS) is 37.4. The Bertz CT molecular complexity index is 328. The maximum absolute atomic E-state index is 6.13. The van der Waals surface area contributed by atoms with Gasteiger partial charge in [0, 0.05) is 12.6 Å². The van der Waals surface area contributed by atoms with E-state index in [4.69, 9.17) is 4.74 Å². The van der Waals surface area contributed by atoms with Crippen molar-refractivity contribution in [3.05, 3.63) is 0 Å². The van der Waals surface area contributed by atoms with Crippen LogP contribution in [0.15, 0.2) is 0 Å². The van der Waals surface area contributed by atoms with Crippen LogP contribution in [0.1, 0.15) is 71.6 Å². The SMILES string of the molecule is CNC(C1CCC(C(C)C)CC1)C1CCOC2(CCC2)C1. The molecule has 3 aliphatic rings. The second kappa shape index (κ2) is 6.58. The summed E-state index contributed by atoms with van der Waals surface area (Å²) in [5.41, 5.74) is 0.299. The lowest BCUT2D eigenvalue weighted by molar-refractivity contribution is -0.149. The number of rotatable bonds is 4. The summed E-state index contributed by atoms with van der Waals surface area (Å²) >= 11 is 0. The standard InChI is InChI=1S/C19H35NO/c1-14(2)15-5-7-16(8-6-15)18(20-3)17-9-12-21-19(13-17)10-4-11-19/h14-18,20H,4-13H2,1-3H3. The third kappa shape index (κ3) is 3.32. The van der Waals surface area contributed by atoms with Gasteiger partial charge in [-0.1, -0.05) is 13.8 Å².